The first-order chi connectivity index (χ1) is 4.36. The highest BCUT2D eigenvalue weighted by atomic mass is 33.1. The second-order valence-electron chi connectivity index (χ2n) is 1.55. The minimum absolute atomic E-state index is 0.0220. The van der Waals surface area contributed by atoms with E-state index < -0.39 is 0 Å². The van der Waals surface area contributed by atoms with E-state index in [0.717, 1.165) is 0 Å². The highest BCUT2D eigenvalue weighted by molar-refractivity contribution is 8.77. The lowest BCUT2D eigenvalue weighted by molar-refractivity contribution is 0.0319. The van der Waals surface area contributed by atoms with E-state index in [1.54, 1.807) is 0 Å². The Labute approximate surface area is 61.2 Å². The van der Waals surface area contributed by atoms with Crippen LogP contribution in [0, 0.1) is 0 Å². The molecule has 54 valence electrons. The number of aliphatic hydroxyl groups is 2. The molecule has 0 radical (unpaired) electrons. The van der Waals surface area contributed by atoms with Gasteiger partial charge in [0.15, 0.2) is 0 Å². The molecule has 2 atom stereocenters. The first kappa shape index (κ1) is 7.68. The molecule has 1 aliphatic rings. The normalized spacial score (nSPS) is 35.3. The number of aliphatic hydroxyl groups excluding tert-OH is 2. The smallest absolute Gasteiger partial charge is 0.137 e. The number of ether oxygens (including phenoxy) is 1. The van der Waals surface area contributed by atoms with Gasteiger partial charge in [0.1, 0.15) is 10.9 Å². The number of hydrogen-bond acceptors (Lipinski definition) is 5. The SMILES string of the molecule is OCC1OC(CO)SS1. The summed E-state index contributed by atoms with van der Waals surface area (Å²) in [6.07, 6.45) is 0. The summed E-state index contributed by atoms with van der Waals surface area (Å²) in [6, 6.07) is 0. The van der Waals surface area contributed by atoms with Gasteiger partial charge >= 0.3 is 0 Å². The van der Waals surface area contributed by atoms with Crippen LogP contribution in [-0.4, -0.2) is 34.3 Å². The van der Waals surface area contributed by atoms with Crippen LogP contribution in [-0.2, 0) is 4.74 Å². The van der Waals surface area contributed by atoms with Crippen molar-refractivity contribution < 1.29 is 14.9 Å². The Morgan fingerprint density at radius 3 is 1.78 bits per heavy atom. The molecule has 0 amide bonds. The molecule has 0 bridgehead atoms. The van der Waals surface area contributed by atoms with Gasteiger partial charge in [-0.1, -0.05) is 21.6 Å². The van der Waals surface area contributed by atoms with E-state index in [-0.39, 0.29) is 24.1 Å². The van der Waals surface area contributed by atoms with E-state index in [2.05, 4.69) is 0 Å². The molecular weight excluding hydrogens is 160 g/mol. The molecule has 1 rings (SSSR count). The fourth-order valence-corrected chi connectivity index (χ4v) is 2.67. The van der Waals surface area contributed by atoms with Gasteiger partial charge in [0.2, 0.25) is 0 Å². The van der Waals surface area contributed by atoms with Gasteiger partial charge in [0.05, 0.1) is 13.2 Å². The van der Waals surface area contributed by atoms with E-state index in [4.69, 9.17) is 14.9 Å². The average Bonchev–Trinajstić information content (AvgIpc) is 2.34. The second kappa shape index (κ2) is 3.68. The van der Waals surface area contributed by atoms with Gasteiger partial charge in [-0.2, -0.15) is 0 Å². The molecule has 2 unspecified atom stereocenters. The van der Waals surface area contributed by atoms with Crippen LogP contribution in [0.4, 0.5) is 0 Å². The van der Waals surface area contributed by atoms with E-state index in [0.29, 0.717) is 0 Å². The number of hydrogen-bond donors (Lipinski definition) is 2. The van der Waals surface area contributed by atoms with Crippen LogP contribution in [0.15, 0.2) is 0 Å². The van der Waals surface area contributed by atoms with Crippen LogP contribution in [0.2, 0.25) is 0 Å². The van der Waals surface area contributed by atoms with Crippen molar-refractivity contribution in [1.82, 2.24) is 0 Å². The van der Waals surface area contributed by atoms with Crippen LogP contribution in [0.1, 0.15) is 0 Å². The average molecular weight is 168 g/mol. The molecule has 1 fully saturated rings. The lowest BCUT2D eigenvalue weighted by Gasteiger charge is -2.04. The van der Waals surface area contributed by atoms with Gasteiger partial charge in [0.25, 0.3) is 0 Å². The summed E-state index contributed by atoms with van der Waals surface area (Å²) >= 11 is 0. The van der Waals surface area contributed by atoms with Crippen LogP contribution >= 0.6 is 21.6 Å². The van der Waals surface area contributed by atoms with Gasteiger partial charge in [-0.25, -0.2) is 0 Å². The zero-order valence-corrected chi connectivity index (χ0v) is 6.32. The molecule has 0 aromatic carbocycles. The molecule has 3 nitrogen and oxygen atoms in total. The zero-order chi connectivity index (χ0) is 6.69. The molecule has 0 saturated carbocycles. The molecule has 0 aromatic rings. The quantitative estimate of drug-likeness (QED) is 0.570. The third kappa shape index (κ3) is 2.01. The summed E-state index contributed by atoms with van der Waals surface area (Å²) in [5.41, 5.74) is -0.292. The third-order valence-corrected chi connectivity index (χ3v) is 3.55. The Balaban J connectivity index is 2.20. The minimum atomic E-state index is -0.146. The van der Waals surface area contributed by atoms with Gasteiger partial charge in [-0.15, -0.1) is 0 Å². The lowest BCUT2D eigenvalue weighted by Crippen LogP contribution is -2.14. The van der Waals surface area contributed by atoms with Gasteiger partial charge in [-0.3, -0.25) is 0 Å². The Bertz CT molecular complexity index is 79.9. The molecule has 0 aliphatic carbocycles. The van der Waals surface area contributed by atoms with Crippen molar-refractivity contribution in [2.24, 2.45) is 0 Å². The van der Waals surface area contributed by atoms with E-state index in [9.17, 15) is 0 Å². The zero-order valence-electron chi connectivity index (χ0n) is 4.69. The monoisotopic (exact) mass is 168 g/mol. The molecule has 0 spiro atoms. The summed E-state index contributed by atoms with van der Waals surface area (Å²) in [5.74, 6) is 0. The largest absolute Gasteiger partial charge is 0.393 e. The van der Waals surface area contributed by atoms with Crippen LogP contribution in [0.5, 0.6) is 0 Å². The number of rotatable bonds is 2. The first-order valence-electron chi connectivity index (χ1n) is 2.56. The summed E-state index contributed by atoms with van der Waals surface area (Å²) in [5, 5.41) is 17.1. The fourth-order valence-electron chi connectivity index (χ4n) is 0.486. The third-order valence-electron chi connectivity index (χ3n) is 0.872. The van der Waals surface area contributed by atoms with E-state index in [1.807, 2.05) is 0 Å². The second-order valence-corrected chi connectivity index (χ2v) is 4.14. The van der Waals surface area contributed by atoms with Crippen LogP contribution < -0.4 is 0 Å². The van der Waals surface area contributed by atoms with Crippen molar-refractivity contribution in [3.05, 3.63) is 0 Å². The Hall–Kier alpha value is 0.580. The fraction of sp³-hybridized carbons (Fsp3) is 1.00. The van der Waals surface area contributed by atoms with Crippen molar-refractivity contribution in [2.75, 3.05) is 13.2 Å². The molecular formula is C4H8O3S2. The van der Waals surface area contributed by atoms with Crippen LogP contribution in [0.3, 0.4) is 0 Å². The van der Waals surface area contributed by atoms with Gasteiger partial charge < -0.3 is 14.9 Å². The van der Waals surface area contributed by atoms with Crippen molar-refractivity contribution in [2.45, 2.75) is 10.9 Å². The highest BCUT2D eigenvalue weighted by Crippen LogP contribution is 2.40. The van der Waals surface area contributed by atoms with Gasteiger partial charge in [0, 0.05) is 0 Å². The molecule has 1 aliphatic heterocycles. The maximum atomic E-state index is 8.54. The lowest BCUT2D eigenvalue weighted by atomic mass is 10.7. The van der Waals surface area contributed by atoms with Crippen molar-refractivity contribution in [3.63, 3.8) is 0 Å². The Morgan fingerprint density at radius 2 is 1.56 bits per heavy atom. The summed E-state index contributed by atoms with van der Waals surface area (Å²) < 4.78 is 5.09. The summed E-state index contributed by atoms with van der Waals surface area (Å²) in [6.45, 7) is 0.0440. The van der Waals surface area contributed by atoms with Crippen molar-refractivity contribution in [3.8, 4) is 0 Å². The molecule has 0 aromatic heterocycles. The van der Waals surface area contributed by atoms with Gasteiger partial charge in [-0.05, 0) is 0 Å². The standard InChI is InChI=1S/C4H8O3S2/c5-1-3-7-4(2-6)9-8-3/h3-6H,1-2H2. The first-order valence-corrected chi connectivity index (χ1v) is 4.83. The van der Waals surface area contributed by atoms with Crippen molar-refractivity contribution in [1.29, 1.82) is 0 Å². The molecule has 2 N–H and O–H groups in total. The Kier molecular flexibility index (Phi) is 3.14. The summed E-state index contributed by atoms with van der Waals surface area (Å²) in [4.78, 5) is 0. The topological polar surface area (TPSA) is 49.7 Å². The maximum Gasteiger partial charge on any atom is 0.137 e. The predicted molar refractivity (Wildman–Crippen MR) is 38.0 cm³/mol. The molecule has 1 saturated heterocycles. The molecule has 5 heteroatoms. The maximum absolute atomic E-state index is 8.54. The van der Waals surface area contributed by atoms with Crippen molar-refractivity contribution >= 4 is 21.6 Å². The molecule has 1 heterocycles. The highest BCUT2D eigenvalue weighted by Gasteiger charge is 2.25. The Morgan fingerprint density at radius 1 is 1.11 bits per heavy atom. The predicted octanol–water partition coefficient (Wildman–Crippen LogP) is 0.0348. The molecule has 9 heavy (non-hydrogen) atoms. The van der Waals surface area contributed by atoms with Crippen LogP contribution in [0.25, 0.3) is 0 Å². The van der Waals surface area contributed by atoms with E-state index in [1.165, 1.54) is 21.6 Å². The minimum Gasteiger partial charge on any atom is -0.393 e. The summed E-state index contributed by atoms with van der Waals surface area (Å²) in [7, 11) is 2.92. The van der Waals surface area contributed by atoms with E-state index >= 15 is 0 Å².